The molecule has 0 saturated carbocycles. The Morgan fingerprint density at radius 2 is 1.69 bits per heavy atom. The molecule has 2 aromatic carbocycles. The molecule has 0 aliphatic carbocycles. The molecule has 3 atom stereocenters. The van der Waals surface area contributed by atoms with E-state index in [9.17, 15) is 31.1 Å². The number of rotatable bonds is 6. The Morgan fingerprint density at radius 3 is 2.23 bits per heavy atom. The predicted octanol–water partition coefficient (Wildman–Crippen LogP) is 5.68. The minimum Gasteiger partial charge on any atom is -0.372 e. The zero-order chi connectivity index (χ0) is 25.4. The molecule has 0 bridgehead atoms. The molecular weight excluding hydrogens is 474 g/mol. The highest BCUT2D eigenvalue weighted by atomic mass is 19.4. The van der Waals surface area contributed by atoms with Crippen molar-refractivity contribution in [2.75, 3.05) is 19.7 Å². The predicted molar refractivity (Wildman–Crippen MR) is 116 cm³/mol. The number of likely N-dealkylation sites (tertiary alicyclic amines) is 1. The number of nitrogens with one attached hydrogen (secondary N) is 1. The lowest BCUT2D eigenvalue weighted by Gasteiger charge is -2.33. The molecule has 2 saturated heterocycles. The first kappa shape index (κ1) is 25.5. The molecule has 1 N–H and O–H groups in total. The lowest BCUT2D eigenvalue weighted by Crippen LogP contribution is -2.41. The van der Waals surface area contributed by atoms with E-state index < -0.39 is 35.1 Å². The molecule has 0 aromatic heterocycles. The van der Waals surface area contributed by atoms with E-state index in [0.717, 1.165) is 12.0 Å². The van der Waals surface area contributed by atoms with Crippen LogP contribution >= 0.6 is 0 Å². The lowest BCUT2D eigenvalue weighted by molar-refractivity contribution is -0.143. The molecule has 4 rings (SSSR count). The second-order valence-electron chi connectivity index (χ2n) is 9.17. The minimum atomic E-state index is -4.93. The summed E-state index contributed by atoms with van der Waals surface area (Å²) < 4.78 is 85.7. The standard InChI is InChI=1S/C25H26F6N2O2/c1-16(17-10-19(24(26,27)28)12-20(11-17)25(29,30)31)35-15-23(18-6-3-2-4-7-18)13-21(14-32-23)33-9-5-8-22(33)34/h2-4,6-7,10-12,16,21,32H,5,8-9,13-15H2,1H3. The fourth-order valence-electron chi connectivity index (χ4n) is 4.88. The molecule has 2 aromatic rings. The van der Waals surface area contributed by atoms with Crippen molar-refractivity contribution in [3.63, 3.8) is 0 Å². The van der Waals surface area contributed by atoms with Gasteiger partial charge in [0.05, 0.1) is 29.4 Å². The summed E-state index contributed by atoms with van der Waals surface area (Å²) in [5.74, 6) is 0.0820. The number of carbonyl (C=O) groups is 1. The summed E-state index contributed by atoms with van der Waals surface area (Å²) in [5, 5.41) is 3.43. The molecule has 2 aliphatic rings. The van der Waals surface area contributed by atoms with Crippen molar-refractivity contribution in [3.8, 4) is 0 Å². The van der Waals surface area contributed by atoms with Gasteiger partial charge in [-0.1, -0.05) is 30.3 Å². The quantitative estimate of drug-likeness (QED) is 0.519. The van der Waals surface area contributed by atoms with E-state index >= 15 is 0 Å². The van der Waals surface area contributed by atoms with Gasteiger partial charge in [-0.15, -0.1) is 0 Å². The van der Waals surface area contributed by atoms with E-state index in [-0.39, 0.29) is 30.2 Å². The van der Waals surface area contributed by atoms with Gasteiger partial charge in [0.1, 0.15) is 0 Å². The topological polar surface area (TPSA) is 41.6 Å². The smallest absolute Gasteiger partial charge is 0.372 e. The number of alkyl halides is 6. The van der Waals surface area contributed by atoms with Crippen LogP contribution in [0.2, 0.25) is 0 Å². The fourth-order valence-corrected chi connectivity index (χ4v) is 4.88. The highest BCUT2D eigenvalue weighted by Crippen LogP contribution is 2.39. The number of halogens is 6. The van der Waals surface area contributed by atoms with E-state index in [0.29, 0.717) is 38.1 Å². The average Bonchev–Trinajstić information content (AvgIpc) is 3.43. The van der Waals surface area contributed by atoms with Gasteiger partial charge in [-0.3, -0.25) is 4.79 Å². The van der Waals surface area contributed by atoms with Crippen molar-refractivity contribution in [2.24, 2.45) is 0 Å². The van der Waals surface area contributed by atoms with Crippen molar-refractivity contribution >= 4 is 5.91 Å². The Balaban J connectivity index is 1.59. The Morgan fingerprint density at radius 1 is 1.06 bits per heavy atom. The van der Waals surface area contributed by atoms with Crippen LogP contribution in [0.25, 0.3) is 0 Å². The van der Waals surface area contributed by atoms with E-state index in [4.69, 9.17) is 4.74 Å². The van der Waals surface area contributed by atoms with Gasteiger partial charge in [-0.05, 0) is 49.1 Å². The Labute approximate surface area is 199 Å². The molecule has 2 fully saturated rings. The van der Waals surface area contributed by atoms with Crippen molar-refractivity contribution in [3.05, 3.63) is 70.8 Å². The van der Waals surface area contributed by atoms with Crippen LogP contribution in [-0.4, -0.2) is 36.5 Å². The van der Waals surface area contributed by atoms with Crippen molar-refractivity contribution in [1.29, 1.82) is 0 Å². The number of hydrogen-bond donors (Lipinski definition) is 1. The normalized spacial score (nSPS) is 24.3. The van der Waals surface area contributed by atoms with Gasteiger partial charge in [0.2, 0.25) is 5.91 Å². The third-order valence-electron chi connectivity index (χ3n) is 6.80. The van der Waals surface area contributed by atoms with Gasteiger partial charge < -0.3 is 15.0 Å². The number of carbonyl (C=O) groups excluding carboxylic acids is 1. The summed E-state index contributed by atoms with van der Waals surface area (Å²) >= 11 is 0. The SMILES string of the molecule is CC(OCC1(c2ccccc2)CC(N2CCCC2=O)CN1)c1cc(C(F)(F)F)cc(C(F)(F)F)c1. The van der Waals surface area contributed by atoms with Gasteiger partial charge in [0.15, 0.2) is 0 Å². The average molecular weight is 500 g/mol. The van der Waals surface area contributed by atoms with Crippen LogP contribution < -0.4 is 5.32 Å². The van der Waals surface area contributed by atoms with Crippen LogP contribution in [0.15, 0.2) is 48.5 Å². The second kappa shape index (κ2) is 9.46. The zero-order valence-electron chi connectivity index (χ0n) is 19.0. The summed E-state index contributed by atoms with van der Waals surface area (Å²) in [6.45, 7) is 2.62. The van der Waals surface area contributed by atoms with Crippen LogP contribution in [0.1, 0.15) is 54.5 Å². The third kappa shape index (κ3) is 5.48. The Hall–Kier alpha value is -2.59. The fraction of sp³-hybridized carbons (Fsp3) is 0.480. The van der Waals surface area contributed by atoms with Crippen LogP contribution in [0.4, 0.5) is 26.3 Å². The molecule has 0 radical (unpaired) electrons. The van der Waals surface area contributed by atoms with Crippen molar-refractivity contribution < 1.29 is 35.9 Å². The van der Waals surface area contributed by atoms with Crippen LogP contribution in [0, 0.1) is 0 Å². The Kier molecular flexibility index (Phi) is 6.89. The summed E-state index contributed by atoms with van der Waals surface area (Å²) in [6, 6.07) is 10.7. The highest BCUT2D eigenvalue weighted by Gasteiger charge is 2.45. The van der Waals surface area contributed by atoms with E-state index in [1.54, 1.807) is 0 Å². The molecule has 3 unspecified atom stereocenters. The number of nitrogens with zero attached hydrogens (tertiary/aromatic N) is 1. The van der Waals surface area contributed by atoms with Gasteiger partial charge in [0.25, 0.3) is 0 Å². The molecule has 10 heteroatoms. The molecule has 2 heterocycles. The van der Waals surface area contributed by atoms with Crippen LogP contribution in [0.5, 0.6) is 0 Å². The molecule has 4 nitrogen and oxygen atoms in total. The molecular formula is C25H26F6N2O2. The second-order valence-corrected chi connectivity index (χ2v) is 9.17. The molecule has 1 amide bonds. The molecule has 2 aliphatic heterocycles. The largest absolute Gasteiger partial charge is 0.416 e. The maximum Gasteiger partial charge on any atom is 0.416 e. The van der Waals surface area contributed by atoms with Crippen LogP contribution in [-0.2, 0) is 27.4 Å². The zero-order valence-corrected chi connectivity index (χ0v) is 19.0. The summed E-state index contributed by atoms with van der Waals surface area (Å²) in [6.07, 6.45) is -9.08. The van der Waals surface area contributed by atoms with Gasteiger partial charge in [0, 0.05) is 25.6 Å². The number of benzene rings is 2. The number of ether oxygens (including phenoxy) is 1. The first-order valence-electron chi connectivity index (χ1n) is 11.4. The Bertz CT molecular complexity index is 1020. The summed E-state index contributed by atoms with van der Waals surface area (Å²) in [5.41, 5.74) is -2.82. The minimum absolute atomic E-state index is 0.00824. The van der Waals surface area contributed by atoms with Gasteiger partial charge in [-0.2, -0.15) is 26.3 Å². The summed E-state index contributed by atoms with van der Waals surface area (Å²) in [4.78, 5) is 14.1. The highest BCUT2D eigenvalue weighted by molar-refractivity contribution is 5.78. The maximum absolute atomic E-state index is 13.3. The summed E-state index contributed by atoms with van der Waals surface area (Å²) in [7, 11) is 0. The first-order valence-corrected chi connectivity index (χ1v) is 11.4. The van der Waals surface area contributed by atoms with Gasteiger partial charge in [-0.25, -0.2) is 0 Å². The maximum atomic E-state index is 13.3. The molecule has 0 spiro atoms. The third-order valence-corrected chi connectivity index (χ3v) is 6.80. The van der Waals surface area contributed by atoms with E-state index in [2.05, 4.69) is 5.32 Å². The van der Waals surface area contributed by atoms with E-state index in [1.165, 1.54) is 6.92 Å². The molecule has 35 heavy (non-hydrogen) atoms. The van der Waals surface area contributed by atoms with Crippen LogP contribution in [0.3, 0.4) is 0 Å². The lowest BCUT2D eigenvalue weighted by atomic mass is 9.87. The number of amides is 1. The monoisotopic (exact) mass is 500 g/mol. The molecule has 190 valence electrons. The number of hydrogen-bond acceptors (Lipinski definition) is 3. The van der Waals surface area contributed by atoms with E-state index in [1.807, 2.05) is 35.2 Å². The van der Waals surface area contributed by atoms with Crippen molar-refractivity contribution in [2.45, 2.75) is 56.2 Å². The van der Waals surface area contributed by atoms with Crippen molar-refractivity contribution in [1.82, 2.24) is 10.2 Å². The van der Waals surface area contributed by atoms with Gasteiger partial charge >= 0.3 is 12.4 Å². The first-order chi connectivity index (χ1) is 16.4.